The normalized spacial score (nSPS) is 14.2. The molecule has 0 atom stereocenters. The van der Waals surface area contributed by atoms with Crippen molar-refractivity contribution < 1.29 is 23.8 Å². The molecular weight excluding hydrogens is 419 g/mol. The summed E-state index contributed by atoms with van der Waals surface area (Å²) in [5.41, 5.74) is 6.13. The zero-order chi connectivity index (χ0) is 23.1. The molecule has 0 saturated carbocycles. The first-order valence-corrected chi connectivity index (χ1v) is 10.1. The molecule has 10 nitrogen and oxygen atoms in total. The number of amidine groups is 1. The van der Waals surface area contributed by atoms with E-state index in [0.717, 1.165) is 13.1 Å². The molecule has 1 aliphatic heterocycles. The van der Waals surface area contributed by atoms with Crippen LogP contribution in [0.15, 0.2) is 30.6 Å². The first kappa shape index (κ1) is 23.1. The Morgan fingerprint density at radius 2 is 1.88 bits per heavy atom. The van der Waals surface area contributed by atoms with E-state index < -0.39 is 17.8 Å². The van der Waals surface area contributed by atoms with Gasteiger partial charge >= 0.3 is 11.9 Å². The van der Waals surface area contributed by atoms with Crippen LogP contribution in [0.5, 0.6) is 0 Å². The number of carbonyl (C=O) groups excluding carboxylic acids is 1. The lowest BCUT2D eigenvalue weighted by Gasteiger charge is -2.34. The Kier molecular flexibility index (Phi) is 7.66. The maximum absolute atomic E-state index is 14.9. The number of carbonyl (C=O) groups is 2. The highest BCUT2D eigenvalue weighted by Gasteiger charge is 2.20. The van der Waals surface area contributed by atoms with Gasteiger partial charge in [0.25, 0.3) is 0 Å². The van der Waals surface area contributed by atoms with Crippen LogP contribution >= 0.6 is 0 Å². The zero-order valence-electron chi connectivity index (χ0n) is 17.5. The van der Waals surface area contributed by atoms with Gasteiger partial charge < -0.3 is 20.5 Å². The number of aliphatic carboxylic acids is 1. The molecule has 1 saturated heterocycles. The number of hydrogen-bond acceptors (Lipinski definition) is 8. The molecule has 1 aliphatic rings. The first-order valence-electron chi connectivity index (χ1n) is 10.1. The van der Waals surface area contributed by atoms with Crippen LogP contribution in [0.25, 0.3) is 11.1 Å². The van der Waals surface area contributed by atoms with Crippen molar-refractivity contribution in [1.82, 2.24) is 14.9 Å². The van der Waals surface area contributed by atoms with Crippen molar-refractivity contribution in [2.75, 3.05) is 37.6 Å². The van der Waals surface area contributed by atoms with E-state index in [0.29, 0.717) is 31.1 Å². The molecule has 0 radical (unpaired) electrons. The third-order valence-electron chi connectivity index (χ3n) is 5.05. The molecular formula is C21H25FN6O4. The van der Waals surface area contributed by atoms with Crippen molar-refractivity contribution in [1.29, 1.82) is 5.41 Å². The smallest absolute Gasteiger partial charge is 0.313 e. The molecule has 0 aliphatic carbocycles. The molecule has 0 bridgehead atoms. The average molecular weight is 444 g/mol. The number of piperazine rings is 1. The highest BCUT2D eigenvalue weighted by molar-refractivity contribution is 5.94. The molecule has 0 spiro atoms. The third-order valence-corrected chi connectivity index (χ3v) is 5.05. The van der Waals surface area contributed by atoms with Gasteiger partial charge in [-0.25, -0.2) is 14.4 Å². The van der Waals surface area contributed by atoms with Gasteiger partial charge in [0.1, 0.15) is 24.7 Å². The summed E-state index contributed by atoms with van der Waals surface area (Å²) >= 11 is 0. The second-order valence-corrected chi connectivity index (χ2v) is 7.39. The quantitative estimate of drug-likeness (QED) is 0.295. The maximum Gasteiger partial charge on any atom is 0.313 e. The Morgan fingerprint density at radius 1 is 1.19 bits per heavy atom. The summed E-state index contributed by atoms with van der Waals surface area (Å²) < 4.78 is 19.9. The Hall–Kier alpha value is -3.60. The van der Waals surface area contributed by atoms with E-state index in [1.807, 2.05) is 4.90 Å². The van der Waals surface area contributed by atoms with Gasteiger partial charge in [-0.1, -0.05) is 18.2 Å². The number of carboxylic acid groups (broad SMARTS) is 1. The average Bonchev–Trinajstić information content (AvgIpc) is 2.77. The topological polar surface area (TPSA) is 146 Å². The number of carboxylic acids is 1. The summed E-state index contributed by atoms with van der Waals surface area (Å²) in [7, 11) is 0. The lowest BCUT2D eigenvalue weighted by Crippen LogP contribution is -2.47. The summed E-state index contributed by atoms with van der Waals surface area (Å²) in [6, 6.07) is 4.76. The predicted octanol–water partition coefficient (Wildman–Crippen LogP) is 1.25. The van der Waals surface area contributed by atoms with Crippen LogP contribution in [0.2, 0.25) is 0 Å². The number of anilines is 1. The van der Waals surface area contributed by atoms with E-state index in [-0.39, 0.29) is 36.4 Å². The van der Waals surface area contributed by atoms with E-state index >= 15 is 0 Å². The summed E-state index contributed by atoms with van der Waals surface area (Å²) in [5.74, 6) is -1.83. The second-order valence-electron chi connectivity index (χ2n) is 7.39. The van der Waals surface area contributed by atoms with E-state index in [1.54, 1.807) is 24.5 Å². The SMILES string of the molecule is N=C(N)CC(=O)OCc1cccc(-c2cnc(N3CCN(CCC(=O)O)CC3)nc2)c1F. The summed E-state index contributed by atoms with van der Waals surface area (Å²) in [6.45, 7) is 3.04. The van der Waals surface area contributed by atoms with Gasteiger partial charge in [0, 0.05) is 61.8 Å². The van der Waals surface area contributed by atoms with E-state index in [9.17, 15) is 14.0 Å². The minimum atomic E-state index is -0.808. The molecule has 11 heteroatoms. The maximum atomic E-state index is 14.9. The number of rotatable bonds is 9. The number of nitrogens with zero attached hydrogens (tertiary/aromatic N) is 4. The Labute approximate surface area is 184 Å². The molecule has 2 heterocycles. The Balaban J connectivity index is 1.62. The van der Waals surface area contributed by atoms with Gasteiger partial charge in [-0.2, -0.15) is 0 Å². The molecule has 170 valence electrons. The molecule has 32 heavy (non-hydrogen) atoms. The van der Waals surface area contributed by atoms with Crippen LogP contribution in [0.1, 0.15) is 18.4 Å². The van der Waals surface area contributed by atoms with Crippen molar-refractivity contribution in [2.24, 2.45) is 5.73 Å². The second kappa shape index (κ2) is 10.6. The van der Waals surface area contributed by atoms with Gasteiger partial charge in [0.15, 0.2) is 0 Å². The minimum Gasteiger partial charge on any atom is -0.481 e. The lowest BCUT2D eigenvalue weighted by atomic mass is 10.1. The van der Waals surface area contributed by atoms with E-state index in [1.165, 1.54) is 6.07 Å². The summed E-state index contributed by atoms with van der Waals surface area (Å²) in [5, 5.41) is 15.9. The van der Waals surface area contributed by atoms with Crippen LogP contribution in [0, 0.1) is 11.2 Å². The Morgan fingerprint density at radius 3 is 2.50 bits per heavy atom. The zero-order valence-corrected chi connectivity index (χ0v) is 17.5. The van der Waals surface area contributed by atoms with Crippen molar-refractivity contribution in [3.05, 3.63) is 42.0 Å². The summed E-state index contributed by atoms with van der Waals surface area (Å²) in [4.78, 5) is 35.1. The molecule has 0 amide bonds. The molecule has 1 aromatic carbocycles. The standard InChI is InChI=1S/C21H25FN6O4/c22-20-14(13-32-19(31)10-17(23)24)2-1-3-16(20)15-11-25-21(26-12-15)28-8-6-27(7-9-28)5-4-18(29)30/h1-3,11-12H,4-10,13H2,(H3,23,24)(H,29,30). The molecule has 4 N–H and O–H groups in total. The number of nitrogens with one attached hydrogen (secondary N) is 1. The lowest BCUT2D eigenvalue weighted by molar-refractivity contribution is -0.143. The van der Waals surface area contributed by atoms with Gasteiger partial charge in [0.05, 0.1) is 6.42 Å². The van der Waals surface area contributed by atoms with Crippen molar-refractivity contribution in [3.8, 4) is 11.1 Å². The third kappa shape index (κ3) is 6.20. The predicted molar refractivity (Wildman–Crippen MR) is 115 cm³/mol. The van der Waals surface area contributed by atoms with Crippen molar-refractivity contribution in [2.45, 2.75) is 19.4 Å². The van der Waals surface area contributed by atoms with Crippen LogP contribution in [0.3, 0.4) is 0 Å². The number of aromatic nitrogens is 2. The fraction of sp³-hybridized carbons (Fsp3) is 0.381. The van der Waals surface area contributed by atoms with Crippen LogP contribution < -0.4 is 10.6 Å². The Bertz CT molecular complexity index is 977. The van der Waals surface area contributed by atoms with Crippen LogP contribution in [0.4, 0.5) is 10.3 Å². The molecule has 1 aromatic heterocycles. The van der Waals surface area contributed by atoms with Gasteiger partial charge in [-0.3, -0.25) is 19.9 Å². The number of nitrogens with two attached hydrogens (primary N) is 1. The first-order chi connectivity index (χ1) is 15.3. The summed E-state index contributed by atoms with van der Waals surface area (Å²) in [6.07, 6.45) is 2.86. The number of hydrogen-bond donors (Lipinski definition) is 3. The number of halogens is 1. The van der Waals surface area contributed by atoms with E-state index in [4.69, 9.17) is 21.0 Å². The van der Waals surface area contributed by atoms with Gasteiger partial charge in [0.2, 0.25) is 5.95 Å². The van der Waals surface area contributed by atoms with Crippen LogP contribution in [-0.4, -0.2) is 70.5 Å². The fourth-order valence-corrected chi connectivity index (χ4v) is 3.33. The molecule has 0 unspecified atom stereocenters. The largest absolute Gasteiger partial charge is 0.481 e. The molecule has 1 fully saturated rings. The highest BCUT2D eigenvalue weighted by atomic mass is 19.1. The van der Waals surface area contributed by atoms with Crippen LogP contribution in [-0.2, 0) is 20.9 Å². The van der Waals surface area contributed by atoms with E-state index in [2.05, 4.69) is 14.9 Å². The molecule has 3 rings (SSSR count). The monoisotopic (exact) mass is 444 g/mol. The van der Waals surface area contributed by atoms with Crippen molar-refractivity contribution >= 4 is 23.7 Å². The fourth-order valence-electron chi connectivity index (χ4n) is 3.33. The number of esters is 1. The van der Waals surface area contributed by atoms with Crippen molar-refractivity contribution in [3.63, 3.8) is 0 Å². The molecule has 2 aromatic rings. The highest BCUT2D eigenvalue weighted by Crippen LogP contribution is 2.25. The minimum absolute atomic E-state index is 0.117. The number of benzene rings is 1. The van der Waals surface area contributed by atoms with Gasteiger partial charge in [-0.15, -0.1) is 0 Å². The van der Waals surface area contributed by atoms with Gasteiger partial charge in [-0.05, 0) is 0 Å². The number of ether oxygens (including phenoxy) is 1.